The van der Waals surface area contributed by atoms with Crippen molar-refractivity contribution in [2.24, 2.45) is 0 Å². The third-order valence-electron chi connectivity index (χ3n) is 3.15. The molecule has 0 N–H and O–H groups in total. The maximum absolute atomic E-state index is 11.0. The summed E-state index contributed by atoms with van der Waals surface area (Å²) in [5, 5.41) is 16.1. The summed E-state index contributed by atoms with van der Waals surface area (Å²) in [6, 6.07) is 7.89. The number of nitrogens with zero attached hydrogens (tertiary/aromatic N) is 4. The lowest BCUT2D eigenvalue weighted by molar-refractivity contribution is -0.386. The van der Waals surface area contributed by atoms with Crippen LogP contribution in [0.4, 0.5) is 5.69 Å². The number of para-hydroxylation sites is 1. The molecule has 6 nitrogen and oxygen atoms in total. The van der Waals surface area contributed by atoms with Gasteiger partial charge in [-0.15, -0.1) is 11.3 Å². The van der Waals surface area contributed by atoms with Crippen LogP contribution in [0.15, 0.2) is 24.3 Å². The predicted molar refractivity (Wildman–Crippen MR) is 77.1 cm³/mol. The Balaban J connectivity index is 1.99. The van der Waals surface area contributed by atoms with Crippen molar-refractivity contribution in [1.29, 1.82) is 0 Å². The zero-order chi connectivity index (χ0) is 14.3. The van der Waals surface area contributed by atoms with Crippen LogP contribution >= 0.6 is 11.3 Å². The lowest BCUT2D eigenvalue weighted by Crippen LogP contribution is -2.04. The average molecular weight is 288 g/mol. The molecular weight excluding hydrogens is 276 g/mol. The highest BCUT2D eigenvalue weighted by atomic mass is 32.1. The molecule has 0 atom stereocenters. The zero-order valence-corrected chi connectivity index (χ0v) is 11.8. The Morgan fingerprint density at radius 3 is 2.75 bits per heavy atom. The SMILES string of the molecule is Cc1nn(Cc2nc3ccccc3s2)c(C)c1[N+](=O)[O-]. The van der Waals surface area contributed by atoms with Gasteiger partial charge in [-0.1, -0.05) is 12.1 Å². The van der Waals surface area contributed by atoms with E-state index in [-0.39, 0.29) is 10.6 Å². The average Bonchev–Trinajstić information content (AvgIpc) is 2.90. The van der Waals surface area contributed by atoms with E-state index in [1.54, 1.807) is 29.9 Å². The van der Waals surface area contributed by atoms with Gasteiger partial charge in [-0.25, -0.2) is 4.98 Å². The third-order valence-corrected chi connectivity index (χ3v) is 4.17. The van der Waals surface area contributed by atoms with Crippen LogP contribution in [0, 0.1) is 24.0 Å². The maximum atomic E-state index is 11.0. The first-order chi connectivity index (χ1) is 9.56. The lowest BCUT2D eigenvalue weighted by atomic mass is 10.3. The molecule has 0 aliphatic carbocycles. The van der Waals surface area contributed by atoms with Crippen molar-refractivity contribution in [3.05, 3.63) is 50.8 Å². The summed E-state index contributed by atoms with van der Waals surface area (Å²) in [6.45, 7) is 3.82. The van der Waals surface area contributed by atoms with E-state index in [1.807, 2.05) is 24.3 Å². The third kappa shape index (κ3) is 2.05. The van der Waals surface area contributed by atoms with E-state index in [2.05, 4.69) is 10.1 Å². The molecule has 3 rings (SSSR count). The van der Waals surface area contributed by atoms with Gasteiger partial charge in [-0.2, -0.15) is 5.10 Å². The van der Waals surface area contributed by atoms with E-state index < -0.39 is 0 Å². The predicted octanol–water partition coefficient (Wildman–Crippen LogP) is 3.07. The number of hydrogen-bond donors (Lipinski definition) is 0. The molecule has 0 spiro atoms. The van der Waals surface area contributed by atoms with Crippen LogP contribution in [0.25, 0.3) is 10.2 Å². The number of aryl methyl sites for hydroxylation is 1. The molecule has 0 aliphatic heterocycles. The van der Waals surface area contributed by atoms with Crippen molar-refractivity contribution in [1.82, 2.24) is 14.8 Å². The second-order valence-corrected chi connectivity index (χ2v) is 5.62. The van der Waals surface area contributed by atoms with Gasteiger partial charge in [0.25, 0.3) is 0 Å². The van der Waals surface area contributed by atoms with E-state index in [9.17, 15) is 10.1 Å². The lowest BCUT2D eigenvalue weighted by Gasteiger charge is -1.99. The minimum atomic E-state index is -0.382. The van der Waals surface area contributed by atoms with E-state index in [4.69, 9.17) is 0 Å². The summed E-state index contributed by atoms with van der Waals surface area (Å²) in [5.74, 6) is 0. The fourth-order valence-corrected chi connectivity index (χ4v) is 3.17. The summed E-state index contributed by atoms with van der Waals surface area (Å²) in [6.07, 6.45) is 0. The molecule has 2 aromatic heterocycles. The standard InChI is InChI=1S/C13H12N4O2S/c1-8-13(17(18)19)9(2)16(15-8)7-12-14-10-5-3-4-6-11(10)20-12/h3-6H,7H2,1-2H3. The quantitative estimate of drug-likeness (QED) is 0.548. The highest BCUT2D eigenvalue weighted by Gasteiger charge is 2.22. The van der Waals surface area contributed by atoms with Crippen LogP contribution in [-0.2, 0) is 6.54 Å². The van der Waals surface area contributed by atoms with Gasteiger partial charge in [0.1, 0.15) is 16.4 Å². The number of aromatic nitrogens is 3. The normalized spacial score (nSPS) is 11.1. The minimum absolute atomic E-state index is 0.0890. The van der Waals surface area contributed by atoms with Crippen molar-refractivity contribution in [2.45, 2.75) is 20.4 Å². The second kappa shape index (κ2) is 4.68. The van der Waals surface area contributed by atoms with E-state index in [1.165, 1.54) is 0 Å². The molecule has 20 heavy (non-hydrogen) atoms. The summed E-state index contributed by atoms with van der Waals surface area (Å²) in [5.41, 5.74) is 2.04. The Morgan fingerprint density at radius 1 is 1.35 bits per heavy atom. The number of fused-ring (bicyclic) bond motifs is 1. The number of nitro groups is 1. The van der Waals surface area contributed by atoms with Gasteiger partial charge in [0.05, 0.1) is 21.7 Å². The zero-order valence-electron chi connectivity index (χ0n) is 11.0. The fourth-order valence-electron chi connectivity index (χ4n) is 2.22. The highest BCUT2D eigenvalue weighted by Crippen LogP contribution is 2.25. The van der Waals surface area contributed by atoms with Crippen LogP contribution < -0.4 is 0 Å². The van der Waals surface area contributed by atoms with Gasteiger partial charge in [0.15, 0.2) is 0 Å². The molecule has 102 valence electrons. The molecule has 2 heterocycles. The first-order valence-electron chi connectivity index (χ1n) is 6.09. The van der Waals surface area contributed by atoms with Crippen LogP contribution in [0.5, 0.6) is 0 Å². The molecule has 3 aromatic rings. The van der Waals surface area contributed by atoms with Crippen molar-refractivity contribution in [3.63, 3.8) is 0 Å². The first-order valence-corrected chi connectivity index (χ1v) is 6.91. The smallest absolute Gasteiger partial charge is 0.258 e. The van der Waals surface area contributed by atoms with Gasteiger partial charge >= 0.3 is 5.69 Å². The first kappa shape index (κ1) is 12.7. The summed E-state index contributed by atoms with van der Waals surface area (Å²) >= 11 is 1.58. The van der Waals surface area contributed by atoms with Crippen molar-refractivity contribution in [2.75, 3.05) is 0 Å². The Labute approximate surface area is 118 Å². The van der Waals surface area contributed by atoms with Gasteiger partial charge in [-0.3, -0.25) is 14.8 Å². The summed E-state index contributed by atoms with van der Waals surface area (Å²) in [4.78, 5) is 15.1. The van der Waals surface area contributed by atoms with E-state index >= 15 is 0 Å². The molecule has 0 radical (unpaired) electrons. The van der Waals surface area contributed by atoms with E-state index in [0.29, 0.717) is 17.9 Å². The molecule has 0 saturated heterocycles. The number of thiazole rings is 1. The topological polar surface area (TPSA) is 73.8 Å². The second-order valence-electron chi connectivity index (χ2n) is 4.51. The maximum Gasteiger partial charge on any atom is 0.312 e. The molecule has 0 fully saturated rings. The molecule has 0 unspecified atom stereocenters. The number of benzene rings is 1. The largest absolute Gasteiger partial charge is 0.312 e. The van der Waals surface area contributed by atoms with Gasteiger partial charge < -0.3 is 0 Å². The fraction of sp³-hybridized carbons (Fsp3) is 0.231. The summed E-state index contributed by atoms with van der Waals surface area (Å²) in [7, 11) is 0. The minimum Gasteiger partial charge on any atom is -0.258 e. The molecular formula is C13H12N4O2S. The molecule has 1 aromatic carbocycles. The Hall–Kier alpha value is -2.28. The van der Waals surface area contributed by atoms with Crippen LogP contribution in [0.3, 0.4) is 0 Å². The molecule has 0 saturated carbocycles. The number of hydrogen-bond acceptors (Lipinski definition) is 5. The van der Waals surface area contributed by atoms with Crippen LogP contribution in [0.1, 0.15) is 16.4 Å². The van der Waals surface area contributed by atoms with Gasteiger partial charge in [0, 0.05) is 0 Å². The van der Waals surface area contributed by atoms with E-state index in [0.717, 1.165) is 15.2 Å². The number of rotatable bonds is 3. The van der Waals surface area contributed by atoms with Crippen molar-refractivity contribution < 1.29 is 4.92 Å². The Bertz CT molecular complexity index is 773. The van der Waals surface area contributed by atoms with Crippen LogP contribution in [0.2, 0.25) is 0 Å². The molecule has 0 bridgehead atoms. The van der Waals surface area contributed by atoms with Gasteiger partial charge in [-0.05, 0) is 26.0 Å². The van der Waals surface area contributed by atoms with Crippen molar-refractivity contribution in [3.8, 4) is 0 Å². The molecule has 0 aliphatic rings. The Morgan fingerprint density at radius 2 is 2.10 bits per heavy atom. The van der Waals surface area contributed by atoms with Crippen molar-refractivity contribution >= 4 is 27.2 Å². The highest BCUT2D eigenvalue weighted by molar-refractivity contribution is 7.18. The monoisotopic (exact) mass is 288 g/mol. The summed E-state index contributed by atoms with van der Waals surface area (Å²) < 4.78 is 2.75. The molecule has 0 amide bonds. The van der Waals surface area contributed by atoms with Gasteiger partial charge in [0.2, 0.25) is 0 Å². The molecule has 7 heteroatoms. The van der Waals surface area contributed by atoms with Crippen LogP contribution in [-0.4, -0.2) is 19.7 Å². The Kier molecular flexibility index (Phi) is 2.98.